The van der Waals surface area contributed by atoms with Gasteiger partial charge in [-0.15, -0.1) is 0 Å². The van der Waals surface area contributed by atoms with Crippen molar-refractivity contribution in [2.24, 2.45) is 5.92 Å². The van der Waals surface area contributed by atoms with E-state index in [4.69, 9.17) is 9.47 Å². The smallest absolute Gasteiger partial charge is 0.310 e. The van der Waals surface area contributed by atoms with Crippen LogP contribution in [-0.2, 0) is 9.53 Å². The van der Waals surface area contributed by atoms with Gasteiger partial charge in [0.1, 0.15) is 5.75 Å². The normalized spacial score (nSPS) is 19.2. The van der Waals surface area contributed by atoms with E-state index in [1.54, 1.807) is 7.11 Å². The van der Waals surface area contributed by atoms with E-state index >= 15 is 0 Å². The van der Waals surface area contributed by atoms with Gasteiger partial charge in [-0.3, -0.25) is 4.79 Å². The van der Waals surface area contributed by atoms with Crippen LogP contribution in [0.25, 0.3) is 0 Å². The van der Waals surface area contributed by atoms with Gasteiger partial charge in [-0.25, -0.2) is 0 Å². The van der Waals surface area contributed by atoms with Crippen LogP contribution in [0.2, 0.25) is 0 Å². The van der Waals surface area contributed by atoms with Crippen LogP contribution in [0.4, 0.5) is 5.69 Å². The maximum Gasteiger partial charge on any atom is 0.310 e. The first kappa shape index (κ1) is 11.8. The summed E-state index contributed by atoms with van der Waals surface area (Å²) in [5.41, 5.74) is 1.04. The molecule has 0 aliphatic carbocycles. The van der Waals surface area contributed by atoms with Crippen molar-refractivity contribution in [1.82, 2.24) is 0 Å². The van der Waals surface area contributed by atoms with Gasteiger partial charge in [0.2, 0.25) is 0 Å². The van der Waals surface area contributed by atoms with Gasteiger partial charge >= 0.3 is 5.97 Å². The lowest BCUT2D eigenvalue weighted by atomic mass is 10.1. The first-order chi connectivity index (χ1) is 8.26. The van der Waals surface area contributed by atoms with Gasteiger partial charge in [0.25, 0.3) is 0 Å². The highest BCUT2D eigenvalue weighted by Crippen LogP contribution is 2.32. The van der Waals surface area contributed by atoms with Crippen molar-refractivity contribution in [3.05, 3.63) is 24.3 Å². The van der Waals surface area contributed by atoms with Gasteiger partial charge in [0.05, 0.1) is 25.8 Å². The quantitative estimate of drug-likeness (QED) is 0.747. The van der Waals surface area contributed by atoms with Crippen molar-refractivity contribution in [2.75, 3.05) is 32.2 Å². The number of hydrogen-bond donors (Lipinski definition) is 0. The van der Waals surface area contributed by atoms with Crippen molar-refractivity contribution >= 4 is 11.7 Å². The zero-order chi connectivity index (χ0) is 12.3. The molecule has 2 rings (SSSR count). The van der Waals surface area contributed by atoms with E-state index in [0.29, 0.717) is 6.54 Å². The van der Waals surface area contributed by atoms with Gasteiger partial charge in [0, 0.05) is 13.1 Å². The van der Waals surface area contributed by atoms with Crippen LogP contribution in [0.1, 0.15) is 6.42 Å². The average molecular weight is 235 g/mol. The molecule has 0 radical (unpaired) electrons. The van der Waals surface area contributed by atoms with Crippen LogP contribution in [0.15, 0.2) is 24.3 Å². The predicted molar refractivity (Wildman–Crippen MR) is 65.3 cm³/mol. The maximum absolute atomic E-state index is 11.5. The van der Waals surface area contributed by atoms with Gasteiger partial charge in [-0.1, -0.05) is 12.1 Å². The summed E-state index contributed by atoms with van der Waals surface area (Å²) < 4.78 is 10.1. The number of benzene rings is 1. The molecule has 0 bridgehead atoms. The first-order valence-corrected chi connectivity index (χ1v) is 5.72. The molecule has 17 heavy (non-hydrogen) atoms. The number of carbonyl (C=O) groups excluding carboxylic acids is 1. The third-order valence-electron chi connectivity index (χ3n) is 3.15. The van der Waals surface area contributed by atoms with Crippen LogP contribution in [0, 0.1) is 5.92 Å². The van der Waals surface area contributed by atoms with Crippen molar-refractivity contribution in [3.8, 4) is 5.75 Å². The molecule has 1 aromatic carbocycles. The number of esters is 1. The van der Waals surface area contributed by atoms with Crippen LogP contribution in [0.5, 0.6) is 5.75 Å². The summed E-state index contributed by atoms with van der Waals surface area (Å²) in [6.45, 7) is 1.56. The first-order valence-electron chi connectivity index (χ1n) is 5.72. The Kier molecular flexibility index (Phi) is 3.52. The highest BCUT2D eigenvalue weighted by molar-refractivity contribution is 5.74. The highest BCUT2D eigenvalue weighted by Gasteiger charge is 2.30. The fraction of sp³-hybridized carbons (Fsp3) is 0.462. The summed E-state index contributed by atoms with van der Waals surface area (Å²) >= 11 is 0. The lowest BCUT2D eigenvalue weighted by Crippen LogP contribution is -2.23. The average Bonchev–Trinajstić information content (AvgIpc) is 2.87. The molecule has 1 unspecified atom stereocenters. The zero-order valence-corrected chi connectivity index (χ0v) is 10.2. The van der Waals surface area contributed by atoms with Gasteiger partial charge < -0.3 is 14.4 Å². The topological polar surface area (TPSA) is 38.8 Å². The van der Waals surface area contributed by atoms with E-state index in [0.717, 1.165) is 24.4 Å². The van der Waals surface area contributed by atoms with E-state index in [1.165, 1.54) is 7.11 Å². The van der Waals surface area contributed by atoms with Crippen molar-refractivity contribution in [2.45, 2.75) is 6.42 Å². The number of hydrogen-bond acceptors (Lipinski definition) is 4. The number of anilines is 1. The molecule has 1 aliphatic rings. The highest BCUT2D eigenvalue weighted by atomic mass is 16.5. The maximum atomic E-state index is 11.5. The molecule has 0 saturated carbocycles. The molecule has 92 valence electrons. The fourth-order valence-electron chi connectivity index (χ4n) is 2.23. The van der Waals surface area contributed by atoms with E-state index in [-0.39, 0.29) is 11.9 Å². The minimum Gasteiger partial charge on any atom is -0.495 e. The van der Waals surface area contributed by atoms with E-state index in [2.05, 4.69) is 4.90 Å². The molecule has 1 heterocycles. The summed E-state index contributed by atoms with van der Waals surface area (Å²) in [7, 11) is 3.10. The largest absolute Gasteiger partial charge is 0.495 e. The Balaban J connectivity index is 2.12. The molecule has 1 fully saturated rings. The molecule has 1 aliphatic heterocycles. The van der Waals surface area contributed by atoms with Crippen LogP contribution < -0.4 is 9.64 Å². The second-order valence-electron chi connectivity index (χ2n) is 4.13. The Labute approximate surface area is 101 Å². The van der Waals surface area contributed by atoms with Gasteiger partial charge in [-0.05, 0) is 18.6 Å². The fourth-order valence-corrected chi connectivity index (χ4v) is 2.23. The van der Waals surface area contributed by atoms with E-state index < -0.39 is 0 Å². The molecule has 1 saturated heterocycles. The second-order valence-corrected chi connectivity index (χ2v) is 4.13. The van der Waals surface area contributed by atoms with Crippen LogP contribution in [0.3, 0.4) is 0 Å². The lowest BCUT2D eigenvalue weighted by molar-refractivity contribution is -0.144. The number of rotatable bonds is 3. The monoisotopic (exact) mass is 235 g/mol. The summed E-state index contributed by atoms with van der Waals surface area (Å²) in [5, 5.41) is 0. The minimum absolute atomic E-state index is 0.0232. The SMILES string of the molecule is COC(=O)C1CCN(c2ccccc2OC)C1. The molecule has 1 aromatic rings. The Hall–Kier alpha value is -1.71. The molecule has 1 atom stereocenters. The van der Waals surface area contributed by atoms with Crippen molar-refractivity contribution in [3.63, 3.8) is 0 Å². The van der Waals surface area contributed by atoms with E-state index in [1.807, 2.05) is 24.3 Å². The summed E-state index contributed by atoms with van der Waals surface area (Å²) in [5.74, 6) is 0.699. The van der Waals surface area contributed by atoms with Gasteiger partial charge in [-0.2, -0.15) is 0 Å². The Morgan fingerprint density at radius 2 is 2.12 bits per heavy atom. The molecule has 0 aromatic heterocycles. The van der Waals surface area contributed by atoms with Crippen LogP contribution >= 0.6 is 0 Å². The Morgan fingerprint density at radius 1 is 1.35 bits per heavy atom. The summed E-state index contributed by atoms with van der Waals surface area (Å²) in [4.78, 5) is 13.6. The Morgan fingerprint density at radius 3 is 2.82 bits per heavy atom. The standard InChI is InChI=1S/C13H17NO3/c1-16-12-6-4-3-5-11(12)14-8-7-10(9-14)13(15)17-2/h3-6,10H,7-9H2,1-2H3. The molecular formula is C13H17NO3. The number of para-hydroxylation sites is 2. The zero-order valence-electron chi connectivity index (χ0n) is 10.2. The van der Waals surface area contributed by atoms with Crippen molar-refractivity contribution in [1.29, 1.82) is 0 Å². The molecular weight excluding hydrogens is 218 g/mol. The minimum atomic E-state index is -0.123. The third-order valence-corrected chi connectivity index (χ3v) is 3.15. The van der Waals surface area contributed by atoms with Crippen molar-refractivity contribution < 1.29 is 14.3 Å². The molecule has 4 nitrogen and oxygen atoms in total. The van der Waals surface area contributed by atoms with Crippen LogP contribution in [-0.4, -0.2) is 33.3 Å². The number of nitrogens with zero attached hydrogens (tertiary/aromatic N) is 1. The predicted octanol–water partition coefficient (Wildman–Crippen LogP) is 1.69. The second kappa shape index (κ2) is 5.08. The number of ether oxygens (including phenoxy) is 2. The molecule has 4 heteroatoms. The molecule has 0 N–H and O–H groups in total. The number of carbonyl (C=O) groups is 1. The van der Waals surface area contributed by atoms with Gasteiger partial charge in [0.15, 0.2) is 0 Å². The molecule has 0 spiro atoms. The Bertz CT molecular complexity index is 405. The lowest BCUT2D eigenvalue weighted by Gasteiger charge is -2.20. The summed E-state index contributed by atoms with van der Waals surface area (Å²) in [6, 6.07) is 7.86. The third kappa shape index (κ3) is 2.35. The number of methoxy groups -OCH3 is 2. The molecule has 0 amide bonds. The summed E-state index contributed by atoms with van der Waals surface area (Å²) in [6.07, 6.45) is 0.838. The van der Waals surface area contributed by atoms with E-state index in [9.17, 15) is 4.79 Å².